The largest absolute Gasteiger partial charge is 0.493 e. The molecular weight excluding hydrogens is 288 g/mol. The lowest BCUT2D eigenvalue weighted by atomic mass is 10.2. The minimum atomic E-state index is -0.792. The smallest absolute Gasteiger partial charge is 0.317 e. The number of carboxylic acid groups (broad SMARTS) is 1. The van der Waals surface area contributed by atoms with Gasteiger partial charge < -0.3 is 25.2 Å². The van der Waals surface area contributed by atoms with Crippen LogP contribution in [0.3, 0.4) is 0 Å². The van der Waals surface area contributed by atoms with Gasteiger partial charge in [-0.05, 0) is 25.0 Å². The molecule has 0 spiro atoms. The van der Waals surface area contributed by atoms with Gasteiger partial charge in [-0.25, -0.2) is 4.79 Å². The van der Waals surface area contributed by atoms with Gasteiger partial charge in [-0.2, -0.15) is 0 Å². The molecule has 0 atom stereocenters. The molecule has 0 aliphatic heterocycles. The van der Waals surface area contributed by atoms with E-state index in [2.05, 4.69) is 10.6 Å². The molecule has 0 aliphatic carbocycles. The second kappa shape index (κ2) is 10.3. The molecule has 0 aliphatic rings. The summed E-state index contributed by atoms with van der Waals surface area (Å²) < 4.78 is 10.5. The summed E-state index contributed by atoms with van der Waals surface area (Å²) in [5, 5.41) is 13.7. The van der Waals surface area contributed by atoms with E-state index in [4.69, 9.17) is 14.6 Å². The predicted molar refractivity (Wildman–Crippen MR) is 81.1 cm³/mol. The normalized spacial score (nSPS) is 9.86. The molecule has 0 aromatic heterocycles. The lowest BCUT2D eigenvalue weighted by Gasteiger charge is -2.11. The Labute approximate surface area is 129 Å². The van der Waals surface area contributed by atoms with Crippen molar-refractivity contribution in [3.63, 3.8) is 0 Å². The zero-order chi connectivity index (χ0) is 16.2. The van der Waals surface area contributed by atoms with Gasteiger partial charge in [0.1, 0.15) is 0 Å². The second-order valence-corrected chi connectivity index (χ2v) is 4.58. The fourth-order valence-corrected chi connectivity index (χ4v) is 1.76. The summed E-state index contributed by atoms with van der Waals surface area (Å²) in [6, 6.07) is 6.84. The molecule has 122 valence electrons. The van der Waals surface area contributed by atoms with Crippen LogP contribution in [0.5, 0.6) is 11.5 Å². The van der Waals surface area contributed by atoms with Crippen molar-refractivity contribution in [3.8, 4) is 11.5 Å². The molecule has 0 saturated carbocycles. The molecule has 7 nitrogen and oxygen atoms in total. The molecule has 22 heavy (non-hydrogen) atoms. The molecule has 1 aromatic carbocycles. The van der Waals surface area contributed by atoms with Crippen molar-refractivity contribution in [3.05, 3.63) is 24.3 Å². The van der Waals surface area contributed by atoms with Gasteiger partial charge in [0, 0.05) is 13.0 Å². The molecule has 0 bridgehead atoms. The summed E-state index contributed by atoms with van der Waals surface area (Å²) in [4.78, 5) is 21.8. The van der Waals surface area contributed by atoms with Crippen LogP contribution in [0.2, 0.25) is 0 Å². The maximum atomic E-state index is 11.5. The van der Waals surface area contributed by atoms with E-state index in [1.165, 1.54) is 0 Å². The number of urea groups is 1. The number of para-hydroxylation sites is 2. The van der Waals surface area contributed by atoms with Crippen LogP contribution in [-0.2, 0) is 4.79 Å². The first-order valence-corrected chi connectivity index (χ1v) is 7.13. The average molecular weight is 310 g/mol. The van der Waals surface area contributed by atoms with Crippen molar-refractivity contribution in [2.75, 3.05) is 20.4 Å². The Morgan fingerprint density at radius 1 is 1.09 bits per heavy atom. The van der Waals surface area contributed by atoms with Gasteiger partial charge in [-0.1, -0.05) is 18.6 Å². The molecule has 1 aromatic rings. The first-order chi connectivity index (χ1) is 10.6. The number of unbranched alkanes of at least 4 members (excludes halogenated alkanes) is 2. The van der Waals surface area contributed by atoms with E-state index in [0.29, 0.717) is 24.5 Å². The number of rotatable bonds is 10. The van der Waals surface area contributed by atoms with E-state index in [-0.39, 0.29) is 19.2 Å². The lowest BCUT2D eigenvalue weighted by molar-refractivity contribution is -0.137. The quantitative estimate of drug-likeness (QED) is 0.453. The molecule has 3 N–H and O–H groups in total. The third-order valence-electron chi connectivity index (χ3n) is 2.88. The number of ether oxygens (including phenoxy) is 2. The van der Waals surface area contributed by atoms with Crippen LogP contribution >= 0.6 is 0 Å². The van der Waals surface area contributed by atoms with Crippen LogP contribution in [0.1, 0.15) is 25.7 Å². The van der Waals surface area contributed by atoms with Crippen LogP contribution in [-0.4, -0.2) is 37.5 Å². The molecule has 0 heterocycles. The highest BCUT2D eigenvalue weighted by molar-refractivity contribution is 5.73. The Morgan fingerprint density at radius 2 is 1.82 bits per heavy atom. The number of hydrogen-bond donors (Lipinski definition) is 3. The van der Waals surface area contributed by atoms with Gasteiger partial charge in [-0.3, -0.25) is 4.79 Å². The van der Waals surface area contributed by atoms with E-state index >= 15 is 0 Å². The number of methoxy groups -OCH3 is 1. The first kappa shape index (κ1) is 17.6. The molecular formula is C15H22N2O5. The van der Waals surface area contributed by atoms with E-state index in [1.807, 2.05) is 12.1 Å². The Hall–Kier alpha value is -2.44. The topological polar surface area (TPSA) is 96.9 Å². The van der Waals surface area contributed by atoms with Gasteiger partial charge in [0.05, 0.1) is 7.11 Å². The minimum Gasteiger partial charge on any atom is -0.493 e. The number of hydrogen-bond acceptors (Lipinski definition) is 4. The van der Waals surface area contributed by atoms with Crippen molar-refractivity contribution < 1.29 is 24.2 Å². The minimum absolute atomic E-state index is 0.0330. The number of nitrogens with one attached hydrogen (secondary N) is 2. The fraction of sp³-hybridized carbons (Fsp3) is 0.467. The lowest BCUT2D eigenvalue weighted by Crippen LogP contribution is -2.38. The zero-order valence-electron chi connectivity index (χ0n) is 12.6. The Balaban J connectivity index is 2.09. The van der Waals surface area contributed by atoms with Crippen molar-refractivity contribution >= 4 is 12.0 Å². The van der Waals surface area contributed by atoms with Crippen LogP contribution in [0.15, 0.2) is 24.3 Å². The van der Waals surface area contributed by atoms with Gasteiger partial charge in [0.25, 0.3) is 0 Å². The summed E-state index contributed by atoms with van der Waals surface area (Å²) in [6.45, 7) is 0.533. The predicted octanol–water partition coefficient (Wildman–Crippen LogP) is 1.98. The molecule has 0 saturated heterocycles. The van der Waals surface area contributed by atoms with Crippen LogP contribution in [0, 0.1) is 0 Å². The van der Waals surface area contributed by atoms with Gasteiger partial charge in [0.2, 0.25) is 0 Å². The highest BCUT2D eigenvalue weighted by Gasteiger charge is 2.04. The molecule has 7 heteroatoms. The average Bonchev–Trinajstić information content (AvgIpc) is 2.51. The maximum absolute atomic E-state index is 11.5. The molecule has 1 rings (SSSR count). The molecule has 2 amide bonds. The maximum Gasteiger partial charge on any atom is 0.317 e. The number of aliphatic carboxylic acids is 1. The van der Waals surface area contributed by atoms with Crippen LogP contribution in [0.25, 0.3) is 0 Å². The number of benzene rings is 1. The monoisotopic (exact) mass is 310 g/mol. The molecule has 0 fully saturated rings. The summed E-state index contributed by atoms with van der Waals surface area (Å²) in [7, 11) is 1.55. The van der Waals surface area contributed by atoms with Gasteiger partial charge in [-0.15, -0.1) is 0 Å². The highest BCUT2D eigenvalue weighted by atomic mass is 16.5. The third kappa shape index (κ3) is 7.37. The zero-order valence-corrected chi connectivity index (χ0v) is 12.6. The number of carboxylic acids is 1. The highest BCUT2D eigenvalue weighted by Crippen LogP contribution is 2.25. The van der Waals surface area contributed by atoms with E-state index < -0.39 is 5.97 Å². The second-order valence-electron chi connectivity index (χ2n) is 4.58. The van der Waals surface area contributed by atoms with Crippen molar-refractivity contribution in [2.24, 2.45) is 0 Å². The molecule has 0 unspecified atom stereocenters. The summed E-state index contributed by atoms with van der Waals surface area (Å²) in [6.07, 6.45) is 2.30. The fourth-order valence-electron chi connectivity index (χ4n) is 1.76. The van der Waals surface area contributed by atoms with E-state index in [0.717, 1.165) is 12.8 Å². The van der Waals surface area contributed by atoms with E-state index in [1.54, 1.807) is 19.2 Å². The Bertz CT molecular complexity index is 479. The Kier molecular flexibility index (Phi) is 8.25. The number of carbonyl (C=O) groups is 2. The number of carbonyl (C=O) groups excluding carboxylic acids is 1. The summed E-state index contributed by atoms with van der Waals surface area (Å²) >= 11 is 0. The van der Waals surface area contributed by atoms with Crippen LogP contribution < -0.4 is 20.1 Å². The van der Waals surface area contributed by atoms with Crippen molar-refractivity contribution in [2.45, 2.75) is 25.7 Å². The van der Waals surface area contributed by atoms with Gasteiger partial charge >= 0.3 is 12.0 Å². The van der Waals surface area contributed by atoms with Crippen LogP contribution in [0.4, 0.5) is 4.79 Å². The standard InChI is InChI=1S/C15H22N2O5/c1-21-12-7-4-5-8-13(12)22-11-17-15(20)16-10-6-2-3-9-14(18)19/h4-5,7-8H,2-3,6,9-11H2,1H3,(H,18,19)(H2,16,17,20). The van der Waals surface area contributed by atoms with Crippen molar-refractivity contribution in [1.29, 1.82) is 0 Å². The SMILES string of the molecule is COc1ccccc1OCNC(=O)NCCCCCC(=O)O. The molecule has 0 radical (unpaired) electrons. The summed E-state index contributed by atoms with van der Waals surface area (Å²) in [5.41, 5.74) is 0. The first-order valence-electron chi connectivity index (χ1n) is 7.13. The van der Waals surface area contributed by atoms with Crippen molar-refractivity contribution in [1.82, 2.24) is 10.6 Å². The Morgan fingerprint density at radius 3 is 2.50 bits per heavy atom. The van der Waals surface area contributed by atoms with E-state index in [9.17, 15) is 9.59 Å². The van der Waals surface area contributed by atoms with Gasteiger partial charge in [0.15, 0.2) is 18.2 Å². The third-order valence-corrected chi connectivity index (χ3v) is 2.88. The summed E-state index contributed by atoms with van der Waals surface area (Å²) in [5.74, 6) is 0.362. The number of amides is 2.